The molecule has 0 aromatic carbocycles. The highest BCUT2D eigenvalue weighted by Crippen LogP contribution is 2.38. The van der Waals surface area contributed by atoms with Crippen molar-refractivity contribution in [2.24, 2.45) is 16.2 Å². The highest BCUT2D eigenvalue weighted by Gasteiger charge is 2.34. The Morgan fingerprint density at radius 3 is 1.44 bits per heavy atom. The van der Waals surface area contributed by atoms with E-state index >= 15 is 0 Å². The van der Waals surface area contributed by atoms with Crippen LogP contribution in [0.2, 0.25) is 0 Å². The van der Waals surface area contributed by atoms with Crippen LogP contribution in [-0.4, -0.2) is 24.5 Å². The lowest BCUT2D eigenvalue weighted by atomic mass is 9.69. The van der Waals surface area contributed by atoms with Gasteiger partial charge in [-0.3, -0.25) is 0 Å². The van der Waals surface area contributed by atoms with Gasteiger partial charge in [0.2, 0.25) is 0 Å². The van der Waals surface area contributed by atoms with Crippen molar-refractivity contribution in [2.45, 2.75) is 62.3 Å². The van der Waals surface area contributed by atoms with Crippen LogP contribution in [0.1, 0.15) is 62.3 Å². The molecule has 0 fully saturated rings. The molecule has 0 saturated heterocycles. The summed E-state index contributed by atoms with van der Waals surface area (Å²) in [6.07, 6.45) is 0. The molecule has 0 spiro atoms. The van der Waals surface area contributed by atoms with Gasteiger partial charge in [0.15, 0.2) is 0 Å². The molecule has 0 atom stereocenters. The van der Waals surface area contributed by atoms with Gasteiger partial charge < -0.3 is 4.90 Å². The van der Waals surface area contributed by atoms with Crippen LogP contribution in [0.15, 0.2) is 0 Å². The van der Waals surface area contributed by atoms with Gasteiger partial charge in [-0.25, -0.2) is 0 Å². The van der Waals surface area contributed by atoms with Gasteiger partial charge >= 0.3 is 0 Å². The maximum Gasteiger partial charge on any atom is 0.00378 e. The second kappa shape index (κ2) is 5.08. The van der Waals surface area contributed by atoms with Crippen molar-refractivity contribution < 1.29 is 0 Å². The molecule has 0 bridgehead atoms. The Bertz CT molecular complexity index is 202. The van der Waals surface area contributed by atoms with Gasteiger partial charge in [0, 0.05) is 13.1 Å². The van der Waals surface area contributed by atoms with Crippen LogP contribution >= 0.6 is 0 Å². The summed E-state index contributed by atoms with van der Waals surface area (Å²) in [6.45, 7) is 24.6. The molecule has 0 radical (unpaired) electrons. The molecule has 1 heteroatoms. The molecule has 0 rings (SSSR count). The zero-order chi connectivity index (χ0) is 13.2. The first-order chi connectivity index (χ1) is 6.89. The molecular weight excluding hydrogens is 194 g/mol. The zero-order valence-electron chi connectivity index (χ0n) is 13.1. The first kappa shape index (κ1) is 16.0. The van der Waals surface area contributed by atoms with E-state index in [1.807, 2.05) is 0 Å². The Kier molecular flexibility index (Phi) is 5.07. The molecule has 0 aromatic heterocycles. The first-order valence-electron chi connectivity index (χ1n) is 6.61. The standard InChI is InChI=1S/C15H33N/c1-10-16(11-13(2,3)4)12-15(8,9)14(5,6)7/h10-12H2,1-9H3. The third kappa shape index (κ3) is 5.34. The van der Waals surface area contributed by atoms with E-state index < -0.39 is 0 Å². The summed E-state index contributed by atoms with van der Waals surface area (Å²) in [5, 5.41) is 0. The molecule has 16 heavy (non-hydrogen) atoms. The molecule has 0 amide bonds. The van der Waals surface area contributed by atoms with E-state index in [9.17, 15) is 0 Å². The van der Waals surface area contributed by atoms with Crippen molar-refractivity contribution >= 4 is 0 Å². The number of rotatable bonds is 4. The molecule has 0 saturated carbocycles. The Morgan fingerprint density at radius 2 is 1.19 bits per heavy atom. The Hall–Kier alpha value is -0.0400. The molecule has 98 valence electrons. The van der Waals surface area contributed by atoms with Crippen LogP contribution < -0.4 is 0 Å². The topological polar surface area (TPSA) is 3.24 Å². The molecule has 0 aliphatic rings. The van der Waals surface area contributed by atoms with Gasteiger partial charge in [-0.05, 0) is 22.8 Å². The Morgan fingerprint density at radius 1 is 0.750 bits per heavy atom. The summed E-state index contributed by atoms with van der Waals surface area (Å²) in [5.41, 5.74) is 1.11. The van der Waals surface area contributed by atoms with Crippen LogP contribution in [0.25, 0.3) is 0 Å². The summed E-state index contributed by atoms with van der Waals surface area (Å²) in [5.74, 6) is 0. The molecule has 0 aromatic rings. The van der Waals surface area contributed by atoms with Gasteiger partial charge in [-0.15, -0.1) is 0 Å². The second-order valence-electron chi connectivity index (χ2n) is 8.00. The Balaban J connectivity index is 4.55. The van der Waals surface area contributed by atoms with Crippen molar-refractivity contribution in [3.63, 3.8) is 0 Å². The van der Waals surface area contributed by atoms with Crippen molar-refractivity contribution in [2.75, 3.05) is 19.6 Å². The zero-order valence-corrected chi connectivity index (χ0v) is 13.1. The van der Waals surface area contributed by atoms with Gasteiger partial charge in [-0.1, -0.05) is 62.3 Å². The molecule has 0 aliphatic heterocycles. The van der Waals surface area contributed by atoms with Crippen molar-refractivity contribution in [1.29, 1.82) is 0 Å². The Labute approximate surface area is 104 Å². The summed E-state index contributed by atoms with van der Waals surface area (Å²) in [7, 11) is 0. The third-order valence-electron chi connectivity index (χ3n) is 3.79. The van der Waals surface area contributed by atoms with Gasteiger partial charge in [0.1, 0.15) is 0 Å². The summed E-state index contributed by atoms with van der Waals surface area (Å²) in [4.78, 5) is 2.59. The maximum atomic E-state index is 2.59. The average molecular weight is 227 g/mol. The minimum Gasteiger partial charge on any atom is -0.303 e. The second-order valence-corrected chi connectivity index (χ2v) is 8.00. The monoisotopic (exact) mass is 227 g/mol. The summed E-state index contributed by atoms with van der Waals surface area (Å²) < 4.78 is 0. The molecule has 0 aliphatic carbocycles. The fourth-order valence-corrected chi connectivity index (χ4v) is 1.75. The predicted molar refractivity (Wildman–Crippen MR) is 74.8 cm³/mol. The predicted octanol–water partition coefficient (Wildman–Crippen LogP) is 4.43. The smallest absolute Gasteiger partial charge is 0.00378 e. The fourth-order valence-electron chi connectivity index (χ4n) is 1.75. The van der Waals surface area contributed by atoms with E-state index in [1.54, 1.807) is 0 Å². The van der Waals surface area contributed by atoms with Crippen LogP contribution in [-0.2, 0) is 0 Å². The number of hydrogen-bond acceptors (Lipinski definition) is 1. The lowest BCUT2D eigenvalue weighted by Gasteiger charge is -2.43. The van der Waals surface area contributed by atoms with E-state index in [0.717, 1.165) is 6.54 Å². The van der Waals surface area contributed by atoms with Gasteiger partial charge in [-0.2, -0.15) is 0 Å². The van der Waals surface area contributed by atoms with E-state index in [4.69, 9.17) is 0 Å². The fraction of sp³-hybridized carbons (Fsp3) is 1.00. The van der Waals surface area contributed by atoms with E-state index in [2.05, 4.69) is 67.2 Å². The van der Waals surface area contributed by atoms with E-state index in [0.29, 0.717) is 16.2 Å². The molecular formula is C15H33N. The van der Waals surface area contributed by atoms with Gasteiger partial charge in [0.05, 0.1) is 0 Å². The van der Waals surface area contributed by atoms with Crippen molar-refractivity contribution in [3.05, 3.63) is 0 Å². The normalized spacial score (nSPS) is 14.6. The van der Waals surface area contributed by atoms with Crippen LogP contribution in [0.4, 0.5) is 0 Å². The van der Waals surface area contributed by atoms with Gasteiger partial charge in [0.25, 0.3) is 0 Å². The highest BCUT2D eigenvalue weighted by molar-refractivity contribution is 4.86. The van der Waals surface area contributed by atoms with Crippen LogP contribution in [0, 0.1) is 16.2 Å². The number of nitrogens with zero attached hydrogens (tertiary/aromatic N) is 1. The highest BCUT2D eigenvalue weighted by atomic mass is 15.1. The average Bonchev–Trinajstić information content (AvgIpc) is 1.97. The summed E-state index contributed by atoms with van der Waals surface area (Å²) >= 11 is 0. The number of hydrogen-bond donors (Lipinski definition) is 0. The van der Waals surface area contributed by atoms with Crippen molar-refractivity contribution in [3.8, 4) is 0 Å². The SMILES string of the molecule is CCN(CC(C)(C)C)CC(C)(C)C(C)(C)C. The molecule has 0 unspecified atom stereocenters. The minimum absolute atomic E-state index is 0.355. The molecule has 0 N–H and O–H groups in total. The quantitative estimate of drug-likeness (QED) is 0.687. The molecule has 0 heterocycles. The maximum absolute atomic E-state index is 2.59. The molecule has 1 nitrogen and oxygen atoms in total. The lowest BCUT2D eigenvalue weighted by Crippen LogP contribution is -2.44. The van der Waals surface area contributed by atoms with E-state index in [-0.39, 0.29) is 0 Å². The third-order valence-corrected chi connectivity index (χ3v) is 3.79. The lowest BCUT2D eigenvalue weighted by molar-refractivity contribution is 0.0571. The van der Waals surface area contributed by atoms with E-state index in [1.165, 1.54) is 13.1 Å². The van der Waals surface area contributed by atoms with Crippen molar-refractivity contribution in [1.82, 2.24) is 4.90 Å². The first-order valence-corrected chi connectivity index (χ1v) is 6.61. The largest absolute Gasteiger partial charge is 0.303 e. The minimum atomic E-state index is 0.355. The van der Waals surface area contributed by atoms with Crippen LogP contribution in [0.3, 0.4) is 0 Å². The van der Waals surface area contributed by atoms with Crippen LogP contribution in [0.5, 0.6) is 0 Å². The summed E-state index contributed by atoms with van der Waals surface area (Å²) in [6, 6.07) is 0.